The summed E-state index contributed by atoms with van der Waals surface area (Å²) < 4.78 is 13.1. The lowest BCUT2D eigenvalue weighted by atomic mass is 9.88. The second kappa shape index (κ2) is 10.2. The van der Waals surface area contributed by atoms with Gasteiger partial charge >= 0.3 is 0 Å². The van der Waals surface area contributed by atoms with Crippen LogP contribution in [0.1, 0.15) is 29.0 Å². The summed E-state index contributed by atoms with van der Waals surface area (Å²) >= 11 is 0. The molecule has 0 aromatic heterocycles. The zero-order valence-corrected chi connectivity index (χ0v) is 18.0. The molecule has 0 N–H and O–H groups in total. The van der Waals surface area contributed by atoms with Gasteiger partial charge in [-0.1, -0.05) is 72.8 Å². The summed E-state index contributed by atoms with van der Waals surface area (Å²) in [4.78, 5) is 29.4. The summed E-state index contributed by atoms with van der Waals surface area (Å²) in [5.74, 6) is -0.191. The molecular formula is C27H27FN2O2. The Morgan fingerprint density at radius 1 is 0.688 bits per heavy atom. The maximum Gasteiger partial charge on any atom is 0.227 e. The van der Waals surface area contributed by atoms with E-state index in [1.807, 2.05) is 41.3 Å². The van der Waals surface area contributed by atoms with Gasteiger partial charge in [0.05, 0.1) is 6.42 Å². The third-order valence-electron chi connectivity index (χ3n) is 6.04. The molecule has 0 saturated carbocycles. The van der Waals surface area contributed by atoms with Crippen LogP contribution in [0.2, 0.25) is 0 Å². The average molecular weight is 431 g/mol. The minimum Gasteiger partial charge on any atom is -0.339 e. The van der Waals surface area contributed by atoms with Gasteiger partial charge < -0.3 is 9.80 Å². The summed E-state index contributed by atoms with van der Waals surface area (Å²) in [6, 6.07) is 26.3. The molecule has 0 aliphatic carbocycles. The molecular weight excluding hydrogens is 403 g/mol. The van der Waals surface area contributed by atoms with Crippen molar-refractivity contribution in [1.29, 1.82) is 0 Å². The lowest BCUT2D eigenvalue weighted by Gasteiger charge is -2.35. The number of rotatable bonds is 6. The first-order chi connectivity index (χ1) is 15.6. The Labute approximate surface area is 188 Å². The first-order valence-corrected chi connectivity index (χ1v) is 11.0. The summed E-state index contributed by atoms with van der Waals surface area (Å²) in [5, 5.41) is 0. The van der Waals surface area contributed by atoms with E-state index >= 15 is 0 Å². The zero-order valence-electron chi connectivity index (χ0n) is 18.0. The molecule has 1 heterocycles. The second-order valence-corrected chi connectivity index (χ2v) is 8.14. The van der Waals surface area contributed by atoms with Crippen LogP contribution in [-0.2, 0) is 16.0 Å². The lowest BCUT2D eigenvalue weighted by Crippen LogP contribution is -2.51. The fourth-order valence-corrected chi connectivity index (χ4v) is 4.20. The molecule has 0 bridgehead atoms. The molecule has 3 aromatic rings. The van der Waals surface area contributed by atoms with Gasteiger partial charge in [-0.2, -0.15) is 0 Å². The van der Waals surface area contributed by atoms with E-state index in [0.29, 0.717) is 32.6 Å². The first kappa shape index (κ1) is 21.8. The van der Waals surface area contributed by atoms with E-state index in [1.165, 1.54) is 12.1 Å². The highest BCUT2D eigenvalue weighted by molar-refractivity contribution is 5.80. The second-order valence-electron chi connectivity index (χ2n) is 8.14. The van der Waals surface area contributed by atoms with E-state index in [0.717, 1.165) is 16.7 Å². The van der Waals surface area contributed by atoms with Crippen molar-refractivity contribution >= 4 is 11.8 Å². The predicted octanol–water partition coefficient (Wildman–Crippen LogP) is 4.26. The molecule has 3 aromatic carbocycles. The molecule has 0 atom stereocenters. The van der Waals surface area contributed by atoms with E-state index in [9.17, 15) is 14.0 Å². The molecule has 2 amide bonds. The molecule has 0 radical (unpaired) electrons. The SMILES string of the molecule is O=C(Cc1ccc(F)cc1)N1CCN(C(=O)CC(c2ccccc2)c2ccccc2)CC1. The number of carbonyl (C=O) groups is 2. The van der Waals surface area contributed by atoms with Gasteiger partial charge in [0.15, 0.2) is 0 Å². The molecule has 4 rings (SSSR count). The normalized spacial score (nSPS) is 13.9. The van der Waals surface area contributed by atoms with Crippen LogP contribution < -0.4 is 0 Å². The maximum atomic E-state index is 13.1. The Balaban J connectivity index is 1.36. The van der Waals surface area contributed by atoms with E-state index in [1.54, 1.807) is 17.0 Å². The third kappa shape index (κ3) is 5.41. The number of piperazine rings is 1. The topological polar surface area (TPSA) is 40.6 Å². The molecule has 4 nitrogen and oxygen atoms in total. The monoisotopic (exact) mass is 430 g/mol. The Bertz CT molecular complexity index is 991. The molecule has 1 fully saturated rings. The van der Waals surface area contributed by atoms with Crippen molar-refractivity contribution in [2.24, 2.45) is 0 Å². The van der Waals surface area contributed by atoms with E-state index in [4.69, 9.17) is 0 Å². The Morgan fingerprint density at radius 2 is 1.16 bits per heavy atom. The number of nitrogens with zero attached hydrogens (tertiary/aromatic N) is 2. The van der Waals surface area contributed by atoms with Gasteiger partial charge in [0.2, 0.25) is 11.8 Å². The highest BCUT2D eigenvalue weighted by Crippen LogP contribution is 2.28. The van der Waals surface area contributed by atoms with Gasteiger partial charge in [0, 0.05) is 38.5 Å². The summed E-state index contributed by atoms with van der Waals surface area (Å²) in [7, 11) is 0. The number of carbonyl (C=O) groups excluding carboxylic acids is 2. The number of benzene rings is 3. The van der Waals surface area contributed by atoms with Gasteiger partial charge in [-0.05, 0) is 28.8 Å². The minimum absolute atomic E-state index is 0.00281. The fourth-order valence-electron chi connectivity index (χ4n) is 4.20. The van der Waals surface area contributed by atoms with Crippen LogP contribution in [0.25, 0.3) is 0 Å². The quantitative estimate of drug-likeness (QED) is 0.586. The smallest absolute Gasteiger partial charge is 0.227 e. The molecule has 164 valence electrons. The van der Waals surface area contributed by atoms with Crippen molar-refractivity contribution in [3.63, 3.8) is 0 Å². The maximum absolute atomic E-state index is 13.1. The Kier molecular flexibility index (Phi) is 6.95. The van der Waals surface area contributed by atoms with Gasteiger partial charge in [-0.15, -0.1) is 0 Å². The van der Waals surface area contributed by atoms with Crippen molar-refractivity contribution in [2.75, 3.05) is 26.2 Å². The highest BCUT2D eigenvalue weighted by Gasteiger charge is 2.27. The van der Waals surface area contributed by atoms with E-state index in [-0.39, 0.29) is 30.0 Å². The van der Waals surface area contributed by atoms with Crippen molar-refractivity contribution in [3.8, 4) is 0 Å². The zero-order chi connectivity index (χ0) is 22.3. The third-order valence-corrected chi connectivity index (χ3v) is 6.04. The lowest BCUT2D eigenvalue weighted by molar-refractivity contribution is -0.139. The fraction of sp³-hybridized carbons (Fsp3) is 0.259. The number of hydrogen-bond acceptors (Lipinski definition) is 2. The molecule has 1 aliphatic rings. The number of amides is 2. The summed E-state index contributed by atoms with van der Waals surface area (Å²) in [5.41, 5.74) is 3.05. The molecule has 0 unspecified atom stereocenters. The van der Waals surface area contributed by atoms with Crippen LogP contribution in [0, 0.1) is 5.82 Å². The summed E-state index contributed by atoms with van der Waals surface area (Å²) in [6.07, 6.45) is 0.649. The highest BCUT2D eigenvalue weighted by atomic mass is 19.1. The molecule has 1 aliphatic heterocycles. The molecule has 0 spiro atoms. The summed E-state index contributed by atoms with van der Waals surface area (Å²) in [6.45, 7) is 2.11. The Hall–Kier alpha value is -3.47. The molecule has 5 heteroatoms. The van der Waals surface area contributed by atoms with E-state index in [2.05, 4.69) is 24.3 Å². The van der Waals surface area contributed by atoms with Crippen LogP contribution in [0.15, 0.2) is 84.9 Å². The first-order valence-electron chi connectivity index (χ1n) is 11.0. The van der Waals surface area contributed by atoms with Crippen molar-refractivity contribution in [1.82, 2.24) is 9.80 Å². The molecule has 32 heavy (non-hydrogen) atoms. The minimum atomic E-state index is -0.308. The largest absolute Gasteiger partial charge is 0.339 e. The van der Waals surface area contributed by atoms with Crippen molar-refractivity contribution < 1.29 is 14.0 Å². The van der Waals surface area contributed by atoms with Crippen LogP contribution >= 0.6 is 0 Å². The van der Waals surface area contributed by atoms with Crippen LogP contribution in [0.4, 0.5) is 4.39 Å². The van der Waals surface area contributed by atoms with Crippen molar-refractivity contribution in [3.05, 3.63) is 107 Å². The Morgan fingerprint density at radius 3 is 1.66 bits per heavy atom. The van der Waals surface area contributed by atoms with Gasteiger partial charge in [-0.25, -0.2) is 4.39 Å². The standard InChI is InChI=1S/C27H27FN2O2/c28-24-13-11-21(12-14-24)19-26(31)29-15-17-30(18-16-29)27(32)20-25(22-7-3-1-4-8-22)23-9-5-2-6-10-23/h1-14,25H,15-20H2. The van der Waals surface area contributed by atoms with Gasteiger partial charge in [0.1, 0.15) is 5.82 Å². The average Bonchev–Trinajstić information content (AvgIpc) is 2.85. The van der Waals surface area contributed by atoms with Crippen LogP contribution in [0.5, 0.6) is 0 Å². The van der Waals surface area contributed by atoms with E-state index < -0.39 is 0 Å². The number of hydrogen-bond donors (Lipinski definition) is 0. The van der Waals surface area contributed by atoms with Gasteiger partial charge in [-0.3, -0.25) is 9.59 Å². The van der Waals surface area contributed by atoms with Crippen LogP contribution in [0.3, 0.4) is 0 Å². The van der Waals surface area contributed by atoms with Crippen LogP contribution in [-0.4, -0.2) is 47.8 Å². The molecule has 1 saturated heterocycles. The van der Waals surface area contributed by atoms with Gasteiger partial charge in [0.25, 0.3) is 0 Å². The predicted molar refractivity (Wildman–Crippen MR) is 123 cm³/mol. The van der Waals surface area contributed by atoms with Crippen molar-refractivity contribution in [2.45, 2.75) is 18.8 Å². The number of halogens is 1.